The molecule has 1 aliphatic rings. The van der Waals surface area contributed by atoms with Gasteiger partial charge in [0.2, 0.25) is 0 Å². The van der Waals surface area contributed by atoms with E-state index in [1.807, 2.05) is 23.5 Å². The van der Waals surface area contributed by atoms with Crippen molar-refractivity contribution in [2.75, 3.05) is 0 Å². The van der Waals surface area contributed by atoms with E-state index in [0.29, 0.717) is 17.5 Å². The van der Waals surface area contributed by atoms with E-state index in [2.05, 4.69) is 164 Å². The van der Waals surface area contributed by atoms with Crippen molar-refractivity contribution < 1.29 is 0 Å². The Morgan fingerprint density at radius 3 is 1.58 bits per heavy atom. The van der Waals surface area contributed by atoms with Gasteiger partial charge in [0, 0.05) is 36.9 Å². The van der Waals surface area contributed by atoms with Crippen LogP contribution in [0, 0.1) is 0 Å². The van der Waals surface area contributed by atoms with Crippen LogP contribution in [0.3, 0.4) is 0 Å². The predicted molar refractivity (Wildman–Crippen MR) is 222 cm³/mol. The smallest absolute Gasteiger partial charge is 0.164 e. The summed E-state index contributed by atoms with van der Waals surface area (Å²) in [4.78, 5) is 15.5. The molecule has 0 atom stereocenters. The number of thiophene rings is 1. The lowest BCUT2D eigenvalue weighted by Crippen LogP contribution is -2.01. The zero-order chi connectivity index (χ0) is 34.9. The van der Waals surface area contributed by atoms with Gasteiger partial charge in [0.25, 0.3) is 0 Å². The molecule has 0 saturated heterocycles. The zero-order valence-electron chi connectivity index (χ0n) is 28.5. The van der Waals surface area contributed by atoms with E-state index in [0.717, 1.165) is 33.4 Å². The van der Waals surface area contributed by atoms with Gasteiger partial charge in [0.15, 0.2) is 17.5 Å². The number of nitrogens with zero attached hydrogens (tertiary/aromatic N) is 3. The second kappa shape index (κ2) is 11.9. The van der Waals surface area contributed by atoms with Crippen molar-refractivity contribution in [2.45, 2.75) is 0 Å². The van der Waals surface area contributed by atoms with Crippen LogP contribution >= 0.6 is 11.3 Å². The minimum Gasteiger partial charge on any atom is -0.208 e. The Morgan fingerprint density at radius 2 is 0.830 bits per heavy atom. The Hall–Kier alpha value is -6.75. The molecule has 0 amide bonds. The highest BCUT2D eigenvalue weighted by Crippen LogP contribution is 2.52. The Balaban J connectivity index is 1.09. The summed E-state index contributed by atoms with van der Waals surface area (Å²) < 4.78 is 2.51. The van der Waals surface area contributed by atoms with Crippen molar-refractivity contribution in [1.82, 2.24) is 15.0 Å². The molecule has 53 heavy (non-hydrogen) atoms. The Kier molecular flexibility index (Phi) is 6.73. The van der Waals surface area contributed by atoms with Crippen LogP contribution in [0.25, 0.3) is 110 Å². The Labute approximate surface area is 310 Å². The summed E-state index contributed by atoms with van der Waals surface area (Å²) in [5.74, 6) is 1.95. The second-order valence-electron chi connectivity index (χ2n) is 13.5. The van der Waals surface area contributed by atoms with E-state index in [9.17, 15) is 0 Å². The zero-order valence-corrected chi connectivity index (χ0v) is 29.3. The number of hydrogen-bond donors (Lipinski definition) is 0. The van der Waals surface area contributed by atoms with Crippen LogP contribution in [0.1, 0.15) is 0 Å². The molecular weight excluding hydrogens is 663 g/mol. The van der Waals surface area contributed by atoms with Crippen molar-refractivity contribution in [2.24, 2.45) is 0 Å². The van der Waals surface area contributed by atoms with Crippen LogP contribution in [-0.4, -0.2) is 15.0 Å². The highest BCUT2D eigenvalue weighted by molar-refractivity contribution is 7.26. The average molecular weight is 692 g/mol. The average Bonchev–Trinajstić information content (AvgIpc) is 3.77. The molecule has 0 radical (unpaired) electrons. The molecule has 2 aromatic heterocycles. The molecule has 4 heteroatoms. The van der Waals surface area contributed by atoms with Crippen LogP contribution < -0.4 is 0 Å². The van der Waals surface area contributed by atoms with Crippen molar-refractivity contribution in [3.8, 4) is 78.7 Å². The third-order valence-corrected chi connectivity index (χ3v) is 11.6. The fourth-order valence-corrected chi connectivity index (χ4v) is 9.22. The minimum absolute atomic E-state index is 0.646. The topological polar surface area (TPSA) is 38.7 Å². The molecule has 246 valence electrons. The van der Waals surface area contributed by atoms with Crippen molar-refractivity contribution in [3.63, 3.8) is 0 Å². The van der Waals surface area contributed by atoms with Gasteiger partial charge in [-0.3, -0.25) is 0 Å². The first-order valence-corrected chi connectivity index (χ1v) is 18.7. The fraction of sp³-hybridized carbons (Fsp3) is 0. The Morgan fingerprint density at radius 1 is 0.283 bits per heavy atom. The van der Waals surface area contributed by atoms with Gasteiger partial charge < -0.3 is 0 Å². The molecule has 0 unspecified atom stereocenters. The minimum atomic E-state index is 0.646. The molecule has 1 aliphatic carbocycles. The normalized spacial score (nSPS) is 11.8. The van der Waals surface area contributed by atoms with Crippen molar-refractivity contribution >= 4 is 42.3 Å². The molecule has 8 aromatic carbocycles. The summed E-state index contributed by atoms with van der Waals surface area (Å²) in [5.41, 5.74) is 12.7. The number of fused-ring (bicyclic) bond motifs is 7. The van der Waals surface area contributed by atoms with Gasteiger partial charge in [-0.15, -0.1) is 11.3 Å². The first kappa shape index (κ1) is 29.9. The molecular formula is C49H29N3S. The molecule has 0 spiro atoms. The van der Waals surface area contributed by atoms with E-state index < -0.39 is 0 Å². The standard InChI is InChI=1S/C49H29N3S/c1-3-12-30(13-4-1)31-22-24-33(25-23-31)47-50-48(52-49(51-47)39-19-10-7-16-35(39)32-14-5-2-6-15-32)34-26-27-40-43(28-34)53-44-29-42-37-18-9-8-17-36(37)38-20-11-21-41(45(38)42)46(40)44/h1-29H. The first-order chi connectivity index (χ1) is 26.3. The van der Waals surface area contributed by atoms with Gasteiger partial charge in [0.1, 0.15) is 0 Å². The molecule has 0 saturated carbocycles. The maximum atomic E-state index is 5.20. The summed E-state index contributed by atoms with van der Waals surface area (Å²) >= 11 is 1.84. The molecule has 0 aliphatic heterocycles. The van der Waals surface area contributed by atoms with Gasteiger partial charge in [-0.05, 0) is 67.4 Å². The number of rotatable bonds is 5. The molecule has 0 N–H and O–H groups in total. The van der Waals surface area contributed by atoms with Crippen molar-refractivity contribution in [3.05, 3.63) is 176 Å². The lowest BCUT2D eigenvalue weighted by atomic mass is 9.98. The van der Waals surface area contributed by atoms with Gasteiger partial charge >= 0.3 is 0 Å². The molecule has 10 aromatic rings. The lowest BCUT2D eigenvalue weighted by molar-refractivity contribution is 1.07. The van der Waals surface area contributed by atoms with Gasteiger partial charge in [0.05, 0.1) is 0 Å². The summed E-state index contributed by atoms with van der Waals surface area (Å²) in [7, 11) is 0. The van der Waals surface area contributed by atoms with Crippen molar-refractivity contribution in [1.29, 1.82) is 0 Å². The maximum Gasteiger partial charge on any atom is 0.164 e. The van der Waals surface area contributed by atoms with Gasteiger partial charge in [-0.1, -0.05) is 164 Å². The van der Waals surface area contributed by atoms with E-state index in [1.54, 1.807) is 0 Å². The van der Waals surface area contributed by atoms with E-state index >= 15 is 0 Å². The lowest BCUT2D eigenvalue weighted by Gasteiger charge is -2.12. The predicted octanol–water partition coefficient (Wildman–Crippen LogP) is 13.4. The monoisotopic (exact) mass is 691 g/mol. The maximum absolute atomic E-state index is 5.20. The van der Waals surface area contributed by atoms with E-state index in [4.69, 9.17) is 15.0 Å². The molecule has 0 fully saturated rings. The summed E-state index contributed by atoms with van der Waals surface area (Å²) in [6, 6.07) is 62.4. The van der Waals surface area contributed by atoms with E-state index in [1.165, 1.54) is 58.8 Å². The quantitative estimate of drug-likeness (QED) is 0.180. The number of benzene rings is 8. The largest absolute Gasteiger partial charge is 0.208 e. The van der Waals surface area contributed by atoms with Gasteiger partial charge in [-0.2, -0.15) is 0 Å². The molecule has 11 rings (SSSR count). The third-order valence-electron chi connectivity index (χ3n) is 10.5. The summed E-state index contributed by atoms with van der Waals surface area (Å²) in [6.07, 6.45) is 0. The second-order valence-corrected chi connectivity index (χ2v) is 14.6. The van der Waals surface area contributed by atoms with Crippen LogP contribution in [0.5, 0.6) is 0 Å². The van der Waals surface area contributed by atoms with E-state index in [-0.39, 0.29) is 0 Å². The first-order valence-electron chi connectivity index (χ1n) is 17.9. The summed E-state index contributed by atoms with van der Waals surface area (Å²) in [6.45, 7) is 0. The van der Waals surface area contributed by atoms with Crippen LogP contribution in [0.2, 0.25) is 0 Å². The number of aromatic nitrogens is 3. The van der Waals surface area contributed by atoms with Crippen LogP contribution in [0.4, 0.5) is 0 Å². The highest BCUT2D eigenvalue weighted by atomic mass is 32.1. The summed E-state index contributed by atoms with van der Waals surface area (Å²) in [5, 5.41) is 5.24. The fourth-order valence-electron chi connectivity index (χ4n) is 8.02. The van der Waals surface area contributed by atoms with Gasteiger partial charge in [-0.25, -0.2) is 15.0 Å². The van der Waals surface area contributed by atoms with Crippen LogP contribution in [-0.2, 0) is 0 Å². The molecule has 0 bridgehead atoms. The molecule has 2 heterocycles. The van der Waals surface area contributed by atoms with Crippen LogP contribution in [0.15, 0.2) is 176 Å². The number of hydrogen-bond acceptors (Lipinski definition) is 4. The third kappa shape index (κ3) is 4.84. The SMILES string of the molecule is c1ccc(-c2ccc(-c3nc(-c4ccc5c(c4)sc4cc6c7c(cccc7c45)-c4ccccc4-6)nc(-c4ccccc4-c4ccccc4)n3)cc2)cc1. The highest BCUT2D eigenvalue weighted by Gasteiger charge is 2.24. The molecule has 3 nitrogen and oxygen atoms in total. The Bertz CT molecular complexity index is 3040.